The van der Waals surface area contributed by atoms with Crippen LogP contribution >= 0.6 is 28.1 Å². The van der Waals surface area contributed by atoms with Crippen molar-refractivity contribution in [1.82, 2.24) is 4.90 Å². The minimum atomic E-state index is -0.810. The standard InChI is InChI=1S/C18H15BrN2O5S/c19-12-5-6-16(14(11-12)17(27)20-7-9-25-10-8-20)26-18(22)13-3-1-2-4-15(13)21(23)24/h1-6,11H,7-10H2. The number of hydrogen-bond donors (Lipinski definition) is 0. The molecule has 0 amide bonds. The van der Waals surface area contributed by atoms with Gasteiger partial charge in [-0.05, 0) is 24.3 Å². The highest BCUT2D eigenvalue weighted by Crippen LogP contribution is 2.28. The molecule has 0 aliphatic carbocycles. The number of esters is 1. The monoisotopic (exact) mass is 450 g/mol. The molecule has 1 aliphatic rings. The number of nitro groups is 1. The maximum Gasteiger partial charge on any atom is 0.350 e. The molecular formula is C18H15BrN2O5S. The van der Waals surface area contributed by atoms with Crippen molar-refractivity contribution in [3.63, 3.8) is 0 Å². The Morgan fingerprint density at radius 2 is 1.89 bits per heavy atom. The van der Waals surface area contributed by atoms with Gasteiger partial charge in [-0.25, -0.2) is 4.79 Å². The molecule has 0 radical (unpaired) electrons. The van der Waals surface area contributed by atoms with Gasteiger partial charge in [0.2, 0.25) is 0 Å². The van der Waals surface area contributed by atoms with Gasteiger partial charge in [0, 0.05) is 23.6 Å². The lowest BCUT2D eigenvalue weighted by Crippen LogP contribution is -2.40. The van der Waals surface area contributed by atoms with Gasteiger partial charge in [-0.2, -0.15) is 0 Å². The molecule has 9 heteroatoms. The maximum atomic E-state index is 12.6. The molecule has 7 nitrogen and oxygen atoms in total. The van der Waals surface area contributed by atoms with Crippen LogP contribution in [0.4, 0.5) is 5.69 Å². The number of morpholine rings is 1. The van der Waals surface area contributed by atoms with Crippen LogP contribution in [0.2, 0.25) is 0 Å². The van der Waals surface area contributed by atoms with Gasteiger partial charge in [0.05, 0.1) is 23.7 Å². The van der Waals surface area contributed by atoms with Crippen LogP contribution in [0.1, 0.15) is 15.9 Å². The number of ether oxygens (including phenoxy) is 2. The van der Waals surface area contributed by atoms with Crippen molar-refractivity contribution in [1.29, 1.82) is 0 Å². The molecule has 1 heterocycles. The Balaban J connectivity index is 1.90. The van der Waals surface area contributed by atoms with E-state index in [0.29, 0.717) is 36.9 Å². The Kier molecular flexibility index (Phi) is 6.15. The van der Waals surface area contributed by atoms with Crippen LogP contribution in [0.15, 0.2) is 46.9 Å². The van der Waals surface area contributed by atoms with Gasteiger partial charge < -0.3 is 14.4 Å². The van der Waals surface area contributed by atoms with Gasteiger partial charge in [-0.1, -0.05) is 40.3 Å². The minimum absolute atomic E-state index is 0.117. The molecule has 2 aromatic rings. The highest BCUT2D eigenvalue weighted by Gasteiger charge is 2.24. The average Bonchev–Trinajstić information content (AvgIpc) is 2.69. The van der Waals surface area contributed by atoms with E-state index in [-0.39, 0.29) is 17.0 Å². The van der Waals surface area contributed by atoms with Crippen LogP contribution in [0.5, 0.6) is 5.75 Å². The third-order valence-corrected chi connectivity index (χ3v) is 4.96. The van der Waals surface area contributed by atoms with Crippen molar-refractivity contribution in [2.75, 3.05) is 26.3 Å². The third-order valence-electron chi connectivity index (χ3n) is 3.99. The molecule has 140 valence electrons. The first-order valence-corrected chi connectivity index (χ1v) is 9.29. The second kappa shape index (κ2) is 8.55. The van der Waals surface area contributed by atoms with E-state index < -0.39 is 10.9 Å². The van der Waals surface area contributed by atoms with Crippen LogP contribution in [-0.4, -0.2) is 47.1 Å². The molecular weight excluding hydrogens is 436 g/mol. The summed E-state index contributed by atoms with van der Waals surface area (Å²) in [5, 5.41) is 11.2. The van der Waals surface area contributed by atoms with E-state index in [4.69, 9.17) is 21.7 Å². The van der Waals surface area contributed by atoms with Crippen molar-refractivity contribution in [2.24, 2.45) is 0 Å². The summed E-state index contributed by atoms with van der Waals surface area (Å²) in [6, 6.07) is 10.8. The van der Waals surface area contributed by atoms with Crippen LogP contribution in [0.3, 0.4) is 0 Å². The van der Waals surface area contributed by atoms with Crippen LogP contribution in [0.25, 0.3) is 0 Å². The first-order valence-electron chi connectivity index (χ1n) is 8.09. The zero-order valence-electron chi connectivity index (χ0n) is 14.1. The smallest absolute Gasteiger partial charge is 0.350 e. The number of halogens is 1. The van der Waals surface area contributed by atoms with Crippen LogP contribution < -0.4 is 4.74 Å². The lowest BCUT2D eigenvalue weighted by atomic mass is 10.1. The summed E-state index contributed by atoms with van der Waals surface area (Å²) in [6.45, 7) is 2.42. The molecule has 0 aromatic heterocycles. The fraction of sp³-hybridized carbons (Fsp3) is 0.222. The van der Waals surface area contributed by atoms with Gasteiger partial charge in [0.15, 0.2) is 0 Å². The summed E-state index contributed by atoms with van der Waals surface area (Å²) in [4.78, 5) is 25.6. The van der Waals surface area contributed by atoms with E-state index >= 15 is 0 Å². The zero-order chi connectivity index (χ0) is 19.4. The SMILES string of the molecule is O=C(Oc1ccc(Br)cc1C(=S)N1CCOCC1)c1ccccc1[N+](=O)[O-]. The largest absolute Gasteiger partial charge is 0.422 e. The van der Waals surface area contributed by atoms with Crippen molar-refractivity contribution < 1.29 is 19.2 Å². The number of thiocarbonyl (C=S) groups is 1. The molecule has 0 unspecified atom stereocenters. The third kappa shape index (κ3) is 4.49. The van der Waals surface area contributed by atoms with E-state index in [2.05, 4.69) is 15.9 Å². The number of para-hydroxylation sites is 1. The number of carbonyl (C=O) groups excluding carboxylic acids is 1. The number of nitrogens with zero attached hydrogens (tertiary/aromatic N) is 2. The Morgan fingerprint density at radius 3 is 2.59 bits per heavy atom. The first-order chi connectivity index (χ1) is 13.0. The quantitative estimate of drug-likeness (QED) is 0.231. The van der Waals surface area contributed by atoms with Gasteiger partial charge in [-0.3, -0.25) is 10.1 Å². The Labute approximate surface area is 169 Å². The summed E-state index contributed by atoms with van der Waals surface area (Å²) >= 11 is 8.97. The molecule has 2 aromatic carbocycles. The number of rotatable bonds is 4. The van der Waals surface area contributed by atoms with Crippen molar-refractivity contribution in [3.8, 4) is 5.75 Å². The average molecular weight is 451 g/mol. The van der Waals surface area contributed by atoms with Gasteiger partial charge in [0.1, 0.15) is 16.3 Å². The van der Waals surface area contributed by atoms with Crippen molar-refractivity contribution >= 4 is 44.8 Å². The molecule has 1 saturated heterocycles. The second-order valence-electron chi connectivity index (χ2n) is 5.71. The number of carbonyl (C=O) groups is 1. The summed E-state index contributed by atoms with van der Waals surface area (Å²) < 4.78 is 11.6. The molecule has 27 heavy (non-hydrogen) atoms. The Morgan fingerprint density at radius 1 is 1.19 bits per heavy atom. The van der Waals surface area contributed by atoms with E-state index in [1.54, 1.807) is 24.3 Å². The van der Waals surface area contributed by atoms with Crippen molar-refractivity contribution in [2.45, 2.75) is 0 Å². The van der Waals surface area contributed by atoms with Crippen LogP contribution in [0, 0.1) is 10.1 Å². The van der Waals surface area contributed by atoms with E-state index in [9.17, 15) is 14.9 Å². The lowest BCUT2D eigenvalue weighted by molar-refractivity contribution is -0.385. The van der Waals surface area contributed by atoms with E-state index in [1.807, 2.05) is 4.90 Å². The fourth-order valence-electron chi connectivity index (χ4n) is 2.66. The highest BCUT2D eigenvalue weighted by atomic mass is 79.9. The van der Waals surface area contributed by atoms with E-state index in [1.165, 1.54) is 18.2 Å². The predicted molar refractivity (Wildman–Crippen MR) is 106 cm³/mol. The van der Waals surface area contributed by atoms with Gasteiger partial charge in [-0.15, -0.1) is 0 Å². The topological polar surface area (TPSA) is 81.9 Å². The Hall–Kier alpha value is -2.36. The van der Waals surface area contributed by atoms with Crippen LogP contribution in [-0.2, 0) is 4.74 Å². The van der Waals surface area contributed by atoms with Crippen molar-refractivity contribution in [3.05, 3.63) is 68.2 Å². The molecule has 1 aliphatic heterocycles. The lowest BCUT2D eigenvalue weighted by Gasteiger charge is -2.29. The zero-order valence-corrected chi connectivity index (χ0v) is 16.5. The molecule has 0 saturated carbocycles. The molecule has 0 N–H and O–H groups in total. The molecule has 3 rings (SSSR count). The summed E-state index contributed by atoms with van der Waals surface area (Å²) in [6.07, 6.45) is 0. The molecule has 0 bridgehead atoms. The number of benzene rings is 2. The van der Waals surface area contributed by atoms with Gasteiger partial charge >= 0.3 is 5.97 Å². The highest BCUT2D eigenvalue weighted by molar-refractivity contribution is 9.10. The number of nitro benzene ring substituents is 1. The summed E-state index contributed by atoms with van der Waals surface area (Å²) in [5.74, 6) is -0.562. The predicted octanol–water partition coefficient (Wildman–Crippen LogP) is 3.58. The summed E-state index contributed by atoms with van der Waals surface area (Å²) in [7, 11) is 0. The minimum Gasteiger partial charge on any atom is -0.422 e. The normalized spacial score (nSPS) is 13.9. The maximum absolute atomic E-state index is 12.6. The first kappa shape index (κ1) is 19.4. The Bertz CT molecular complexity index is 899. The molecule has 0 spiro atoms. The molecule has 1 fully saturated rings. The number of hydrogen-bond acceptors (Lipinski definition) is 6. The van der Waals surface area contributed by atoms with E-state index in [0.717, 1.165) is 4.47 Å². The van der Waals surface area contributed by atoms with Gasteiger partial charge in [0.25, 0.3) is 5.69 Å². The second-order valence-corrected chi connectivity index (χ2v) is 7.01. The molecule has 0 atom stereocenters. The summed E-state index contributed by atoms with van der Waals surface area (Å²) in [5.41, 5.74) is 0.138. The fourth-order valence-corrected chi connectivity index (χ4v) is 3.36.